The molecule has 0 aromatic heterocycles. The van der Waals surface area contributed by atoms with Crippen LogP contribution in [-0.2, 0) is 36.4 Å². The first kappa shape index (κ1) is 28.2. The van der Waals surface area contributed by atoms with E-state index >= 15 is 0 Å². The molecule has 0 bridgehead atoms. The van der Waals surface area contributed by atoms with Gasteiger partial charge in [0.25, 0.3) is 0 Å². The molecule has 0 radical (unpaired) electrons. The zero-order valence-corrected chi connectivity index (χ0v) is 19.1. The highest BCUT2D eigenvalue weighted by atomic mass is 31.3. The molecule has 0 aromatic carbocycles. The zero-order chi connectivity index (χ0) is 25.2. The van der Waals surface area contributed by atoms with Gasteiger partial charge >= 0.3 is 29.5 Å². The summed E-state index contributed by atoms with van der Waals surface area (Å²) in [6.45, 7) is -1.21. The van der Waals surface area contributed by atoms with E-state index in [-0.39, 0.29) is 13.1 Å². The minimum Gasteiger partial charge on any atom is -0.387 e. The maximum absolute atomic E-state index is 12.2. The molecule has 0 spiro atoms. The number of carbonyl (C=O) groups excluding carboxylic acids is 2. The number of aliphatic hydroxyl groups excluding tert-OH is 2. The Morgan fingerprint density at radius 3 is 2.30 bits per heavy atom. The minimum absolute atomic E-state index is 0.113. The molecule has 0 aromatic rings. The van der Waals surface area contributed by atoms with Crippen molar-refractivity contribution >= 4 is 35.4 Å². The molecule has 3 unspecified atom stereocenters. The van der Waals surface area contributed by atoms with Crippen LogP contribution in [0.5, 0.6) is 0 Å². The summed E-state index contributed by atoms with van der Waals surface area (Å²) >= 11 is 0. The molecule has 33 heavy (non-hydrogen) atoms. The van der Waals surface area contributed by atoms with Crippen LogP contribution in [-0.4, -0.2) is 90.9 Å². The van der Waals surface area contributed by atoms with Crippen molar-refractivity contribution in [2.24, 2.45) is 11.7 Å². The Labute approximate surface area is 185 Å². The smallest absolute Gasteiger partial charge is 0.387 e. The average Bonchev–Trinajstić information content (AvgIpc) is 2.91. The second-order valence-corrected chi connectivity index (χ2v) is 11.1. The van der Waals surface area contributed by atoms with Gasteiger partial charge in [0.15, 0.2) is 6.23 Å². The van der Waals surface area contributed by atoms with Crippen LogP contribution in [0.2, 0.25) is 0 Å². The zero-order valence-electron chi connectivity index (χ0n) is 16.4. The van der Waals surface area contributed by atoms with Crippen molar-refractivity contribution in [2.45, 2.75) is 24.5 Å². The number of phosphoric ester groups is 1. The van der Waals surface area contributed by atoms with Crippen molar-refractivity contribution in [3.8, 4) is 0 Å². The SMILES string of the molecule is NC/C=C/C1CN([C@@H]2O[C@H](COP(=O)(O)OP(=O)(O)OP(=O)(O)O)[C@@H](O)[C@H]2O)C(=O)NC1=O. The van der Waals surface area contributed by atoms with Gasteiger partial charge < -0.3 is 40.3 Å². The first-order valence-electron chi connectivity index (χ1n) is 8.83. The van der Waals surface area contributed by atoms with E-state index in [0.29, 0.717) is 0 Å². The molecule has 190 valence electrons. The summed E-state index contributed by atoms with van der Waals surface area (Å²) < 4.78 is 50.5. The molecule has 0 aliphatic carbocycles. The van der Waals surface area contributed by atoms with E-state index in [2.05, 4.69) is 13.1 Å². The van der Waals surface area contributed by atoms with Crippen LogP contribution >= 0.6 is 23.5 Å². The number of urea groups is 1. The monoisotopic (exact) mass is 541 g/mol. The summed E-state index contributed by atoms with van der Waals surface area (Å²) in [5.74, 6) is -1.49. The fourth-order valence-electron chi connectivity index (χ4n) is 2.85. The van der Waals surface area contributed by atoms with Gasteiger partial charge in [0.05, 0.1) is 12.5 Å². The largest absolute Gasteiger partial charge is 0.490 e. The molecular formula is C12H22N3O15P3. The predicted molar refractivity (Wildman–Crippen MR) is 102 cm³/mol. The Hall–Kier alpha value is -1.07. The van der Waals surface area contributed by atoms with E-state index in [4.69, 9.17) is 25.2 Å². The molecule has 3 amide bonds. The number of nitrogens with one attached hydrogen (secondary N) is 1. The summed E-state index contributed by atoms with van der Waals surface area (Å²) in [5, 5.41) is 22.4. The fourth-order valence-corrected chi connectivity index (χ4v) is 5.88. The van der Waals surface area contributed by atoms with Gasteiger partial charge in [-0.3, -0.25) is 19.5 Å². The fraction of sp³-hybridized carbons (Fsp3) is 0.667. The van der Waals surface area contributed by atoms with E-state index in [1.54, 1.807) is 0 Å². The summed E-state index contributed by atoms with van der Waals surface area (Å²) in [6, 6.07) is -0.956. The Morgan fingerprint density at radius 2 is 1.73 bits per heavy atom. The molecule has 21 heteroatoms. The molecule has 2 saturated heterocycles. The number of rotatable bonds is 10. The third kappa shape index (κ3) is 7.99. The van der Waals surface area contributed by atoms with Crippen molar-refractivity contribution < 1.29 is 71.0 Å². The molecule has 0 saturated carbocycles. The topological polar surface area (TPSA) is 285 Å². The van der Waals surface area contributed by atoms with Crippen LogP contribution in [0.3, 0.4) is 0 Å². The van der Waals surface area contributed by atoms with Crippen molar-refractivity contribution in [3.63, 3.8) is 0 Å². The number of carbonyl (C=O) groups is 2. The third-order valence-corrected chi connectivity index (χ3v) is 7.99. The highest BCUT2D eigenvalue weighted by Gasteiger charge is 2.50. The van der Waals surface area contributed by atoms with E-state index in [0.717, 1.165) is 4.90 Å². The summed E-state index contributed by atoms with van der Waals surface area (Å²) in [7, 11) is -16.8. The van der Waals surface area contributed by atoms with Crippen LogP contribution in [0, 0.1) is 5.92 Å². The van der Waals surface area contributed by atoms with Gasteiger partial charge in [-0.15, -0.1) is 0 Å². The van der Waals surface area contributed by atoms with Crippen LogP contribution < -0.4 is 11.1 Å². The van der Waals surface area contributed by atoms with Crippen molar-refractivity contribution in [3.05, 3.63) is 12.2 Å². The van der Waals surface area contributed by atoms with Crippen molar-refractivity contribution in [1.82, 2.24) is 10.2 Å². The highest BCUT2D eigenvalue weighted by Crippen LogP contribution is 2.66. The number of phosphoric acid groups is 3. The Kier molecular flexibility index (Phi) is 9.12. The standard InChI is InChI=1S/C12H22N3O15P3/c13-3-1-2-6-4-15(12(19)14-10(6)18)11-9(17)8(16)7(28-11)5-27-32(23,24)30-33(25,26)29-31(20,21)22/h1-2,6-9,11,16-17H,3-5,13H2,(H,23,24)(H,25,26)(H,14,18,19)(H2,20,21,22)/b2-1+/t6?,7-,8-,9-,11-/m1/s1. The van der Waals surface area contributed by atoms with Gasteiger partial charge in [0.1, 0.15) is 18.3 Å². The van der Waals surface area contributed by atoms with Crippen LogP contribution in [0.25, 0.3) is 0 Å². The van der Waals surface area contributed by atoms with E-state index in [1.165, 1.54) is 12.2 Å². The highest BCUT2D eigenvalue weighted by molar-refractivity contribution is 7.66. The molecule has 7 atom stereocenters. The minimum atomic E-state index is -5.75. The second kappa shape index (κ2) is 10.7. The number of amides is 3. The molecule has 2 aliphatic rings. The van der Waals surface area contributed by atoms with Gasteiger partial charge in [0.2, 0.25) is 5.91 Å². The second-order valence-electron chi connectivity index (χ2n) is 6.65. The van der Waals surface area contributed by atoms with Gasteiger partial charge in [-0.1, -0.05) is 12.2 Å². The number of hydrogen-bond donors (Lipinski definition) is 8. The van der Waals surface area contributed by atoms with Crippen molar-refractivity contribution in [1.29, 1.82) is 0 Å². The molecule has 9 N–H and O–H groups in total. The third-order valence-electron chi connectivity index (χ3n) is 4.19. The summed E-state index contributed by atoms with van der Waals surface area (Å²) in [4.78, 5) is 60.5. The lowest BCUT2D eigenvalue weighted by Crippen LogP contribution is -2.59. The lowest BCUT2D eigenvalue weighted by atomic mass is 10.0. The number of hydrogen-bond acceptors (Lipinski definition) is 12. The van der Waals surface area contributed by atoms with Gasteiger partial charge in [0, 0.05) is 13.1 Å². The van der Waals surface area contributed by atoms with E-state index < -0.39 is 72.5 Å². The van der Waals surface area contributed by atoms with Gasteiger partial charge in [-0.25, -0.2) is 18.5 Å². The Balaban J connectivity index is 2.03. The quantitative estimate of drug-likeness (QED) is 0.104. The first-order valence-corrected chi connectivity index (χ1v) is 13.4. The lowest BCUT2D eigenvalue weighted by Gasteiger charge is -2.35. The Bertz CT molecular complexity index is 923. The van der Waals surface area contributed by atoms with Crippen LogP contribution in [0.4, 0.5) is 4.79 Å². The Morgan fingerprint density at radius 1 is 1.09 bits per heavy atom. The number of aliphatic hydroxyl groups is 2. The molecule has 2 fully saturated rings. The molecule has 2 aliphatic heterocycles. The van der Waals surface area contributed by atoms with Crippen LogP contribution in [0.1, 0.15) is 0 Å². The number of ether oxygens (including phenoxy) is 1. The molecular weight excluding hydrogens is 519 g/mol. The molecule has 2 heterocycles. The average molecular weight is 541 g/mol. The summed E-state index contributed by atoms with van der Waals surface area (Å²) in [6.07, 6.45) is -3.80. The number of imide groups is 1. The summed E-state index contributed by atoms with van der Waals surface area (Å²) in [5.41, 5.74) is 5.33. The molecule has 2 rings (SSSR count). The molecule has 18 nitrogen and oxygen atoms in total. The van der Waals surface area contributed by atoms with E-state index in [9.17, 15) is 38.4 Å². The first-order chi connectivity index (χ1) is 15.1. The van der Waals surface area contributed by atoms with Gasteiger partial charge in [-0.05, 0) is 0 Å². The van der Waals surface area contributed by atoms with Crippen molar-refractivity contribution in [2.75, 3.05) is 19.7 Å². The maximum atomic E-state index is 12.2. The number of nitrogens with zero attached hydrogens (tertiary/aromatic N) is 1. The van der Waals surface area contributed by atoms with Gasteiger partial charge in [-0.2, -0.15) is 8.62 Å². The predicted octanol–water partition coefficient (Wildman–Crippen LogP) is -2.54. The maximum Gasteiger partial charge on any atom is 0.490 e. The lowest BCUT2D eigenvalue weighted by molar-refractivity contribution is -0.129. The van der Waals surface area contributed by atoms with Crippen LogP contribution in [0.15, 0.2) is 12.2 Å². The normalized spacial score (nSPS) is 32.6. The van der Waals surface area contributed by atoms with E-state index in [1.807, 2.05) is 5.32 Å². The number of nitrogens with two attached hydrogens (primary N) is 1.